The number of hydrogen-bond donors (Lipinski definition) is 3. The second-order valence-corrected chi connectivity index (χ2v) is 8.49. The van der Waals surface area contributed by atoms with Gasteiger partial charge in [0.25, 0.3) is 0 Å². The molecular formula is C21H32IN7O2S. The van der Waals surface area contributed by atoms with Crippen molar-refractivity contribution in [3.63, 3.8) is 0 Å². The van der Waals surface area contributed by atoms with E-state index in [1.807, 2.05) is 29.3 Å². The van der Waals surface area contributed by atoms with Crippen LogP contribution < -0.4 is 15.5 Å². The smallest absolute Gasteiger partial charge is 0.225 e. The highest BCUT2D eigenvalue weighted by Gasteiger charge is 2.24. The van der Waals surface area contributed by atoms with Gasteiger partial charge >= 0.3 is 0 Å². The van der Waals surface area contributed by atoms with Crippen molar-refractivity contribution >= 4 is 53.1 Å². The number of rotatable bonds is 8. The van der Waals surface area contributed by atoms with Crippen LogP contribution >= 0.6 is 35.3 Å². The molecule has 3 rings (SSSR count). The fourth-order valence-electron chi connectivity index (χ4n) is 3.29. The average molecular weight is 574 g/mol. The van der Waals surface area contributed by atoms with Gasteiger partial charge in [-0.2, -0.15) is 0 Å². The monoisotopic (exact) mass is 573 g/mol. The first-order valence-corrected chi connectivity index (χ1v) is 11.5. The lowest BCUT2D eigenvalue weighted by Gasteiger charge is -2.34. The molecule has 11 heteroatoms. The number of nitrogens with zero attached hydrogens (tertiary/aromatic N) is 5. The van der Waals surface area contributed by atoms with Crippen molar-refractivity contribution < 1.29 is 9.90 Å². The van der Waals surface area contributed by atoms with E-state index in [-0.39, 0.29) is 36.4 Å². The molecule has 0 radical (unpaired) electrons. The van der Waals surface area contributed by atoms with Crippen molar-refractivity contribution in [2.75, 3.05) is 50.7 Å². The first kappa shape index (κ1) is 26.3. The number of carbonyl (C=O) groups excluding carboxylic acids is 1. The molecule has 2 aromatic rings. The molecule has 1 fully saturated rings. The van der Waals surface area contributed by atoms with Crippen LogP contribution in [0.15, 0.2) is 41.0 Å². The molecule has 0 aromatic carbocycles. The first-order valence-electron chi connectivity index (χ1n) is 10.6. The summed E-state index contributed by atoms with van der Waals surface area (Å²) in [5.74, 6) is 1.42. The number of aromatic nitrogens is 2. The van der Waals surface area contributed by atoms with E-state index in [1.54, 1.807) is 25.4 Å². The zero-order valence-corrected chi connectivity index (χ0v) is 21.7. The Labute approximate surface area is 210 Å². The van der Waals surface area contributed by atoms with Crippen LogP contribution in [-0.2, 0) is 10.4 Å². The number of anilines is 1. The van der Waals surface area contributed by atoms with Gasteiger partial charge in [-0.25, -0.2) is 15.0 Å². The molecular weight excluding hydrogens is 541 g/mol. The van der Waals surface area contributed by atoms with Gasteiger partial charge in [0.05, 0.1) is 6.54 Å². The third-order valence-corrected chi connectivity index (χ3v) is 6.16. The van der Waals surface area contributed by atoms with Gasteiger partial charge in [-0.3, -0.25) is 4.79 Å². The number of aliphatic hydroxyl groups is 1. The molecule has 32 heavy (non-hydrogen) atoms. The Morgan fingerprint density at radius 3 is 2.56 bits per heavy atom. The predicted molar refractivity (Wildman–Crippen MR) is 139 cm³/mol. The molecule has 0 bridgehead atoms. The lowest BCUT2D eigenvalue weighted by Crippen LogP contribution is -2.50. The van der Waals surface area contributed by atoms with Gasteiger partial charge in [-0.05, 0) is 31.4 Å². The quantitative estimate of drug-likeness (QED) is 0.251. The molecule has 3 heterocycles. The highest BCUT2D eigenvalue weighted by molar-refractivity contribution is 14.0. The van der Waals surface area contributed by atoms with E-state index < -0.39 is 5.60 Å². The molecule has 3 N–H and O–H groups in total. The molecule has 9 nitrogen and oxygen atoms in total. The molecule has 1 saturated heterocycles. The van der Waals surface area contributed by atoms with Gasteiger partial charge in [0.2, 0.25) is 11.9 Å². The Hall–Kier alpha value is -1.99. The van der Waals surface area contributed by atoms with E-state index >= 15 is 0 Å². The molecule has 176 valence electrons. The minimum atomic E-state index is -1.02. The lowest BCUT2D eigenvalue weighted by atomic mass is 10.1. The molecule has 2 aromatic heterocycles. The minimum absolute atomic E-state index is 0. The zero-order valence-electron chi connectivity index (χ0n) is 18.5. The van der Waals surface area contributed by atoms with E-state index in [1.165, 1.54) is 11.3 Å². The van der Waals surface area contributed by atoms with Gasteiger partial charge in [0.1, 0.15) is 5.60 Å². The summed E-state index contributed by atoms with van der Waals surface area (Å²) < 4.78 is 0. The normalized spacial score (nSPS) is 16.2. The van der Waals surface area contributed by atoms with E-state index in [2.05, 4.69) is 30.5 Å². The Morgan fingerprint density at radius 1 is 1.22 bits per heavy atom. The third kappa shape index (κ3) is 7.55. The summed E-state index contributed by atoms with van der Waals surface area (Å²) in [6, 6.07) is 5.62. The van der Waals surface area contributed by atoms with Crippen molar-refractivity contribution in [1.82, 2.24) is 25.5 Å². The maximum Gasteiger partial charge on any atom is 0.225 e. The van der Waals surface area contributed by atoms with Gasteiger partial charge in [0.15, 0.2) is 5.96 Å². The maximum absolute atomic E-state index is 12.6. The average Bonchev–Trinajstić information content (AvgIpc) is 3.34. The number of nitrogens with one attached hydrogen (secondary N) is 2. The minimum Gasteiger partial charge on any atom is -0.383 e. The summed E-state index contributed by atoms with van der Waals surface area (Å²) >= 11 is 1.51. The number of guanidine groups is 1. The predicted octanol–water partition coefficient (Wildman–Crippen LogP) is 1.66. The first-order chi connectivity index (χ1) is 15.0. The van der Waals surface area contributed by atoms with Crippen molar-refractivity contribution in [3.8, 4) is 0 Å². The Morgan fingerprint density at radius 2 is 1.94 bits per heavy atom. The standard InChI is InChI=1S/C21H31N7O2S.HI/c1-3-22-19(26-16-21(2,30)17-6-4-15-31-17)23-10-7-18(29)27-11-13-28(14-12-27)20-24-8-5-9-25-20;/h4-6,8-9,15,30H,3,7,10-14,16H2,1-2H3,(H2,22,23,26);1H. The highest BCUT2D eigenvalue weighted by atomic mass is 127. The number of hydrogen-bond acceptors (Lipinski definition) is 7. The molecule has 0 spiro atoms. The van der Waals surface area contributed by atoms with Crippen LogP contribution in [0.1, 0.15) is 25.1 Å². The van der Waals surface area contributed by atoms with Gasteiger partial charge < -0.3 is 25.5 Å². The van der Waals surface area contributed by atoms with Gasteiger partial charge in [-0.1, -0.05) is 6.07 Å². The van der Waals surface area contributed by atoms with Gasteiger partial charge in [0, 0.05) is 63.0 Å². The van der Waals surface area contributed by atoms with Crippen LogP contribution in [0.25, 0.3) is 0 Å². The van der Waals surface area contributed by atoms with Crippen molar-refractivity contribution in [1.29, 1.82) is 0 Å². The number of carbonyl (C=O) groups is 1. The Balaban J connectivity index is 0.00000363. The molecule has 1 aliphatic rings. The summed E-state index contributed by atoms with van der Waals surface area (Å²) in [6.07, 6.45) is 3.84. The summed E-state index contributed by atoms with van der Waals surface area (Å²) in [5.41, 5.74) is -1.02. The fourth-order valence-corrected chi connectivity index (χ4v) is 4.07. The molecule has 0 aliphatic carbocycles. The molecule has 0 saturated carbocycles. The van der Waals surface area contributed by atoms with Crippen LogP contribution in [0.4, 0.5) is 5.95 Å². The van der Waals surface area contributed by atoms with E-state index in [4.69, 9.17) is 0 Å². The van der Waals surface area contributed by atoms with Crippen molar-refractivity contribution in [2.24, 2.45) is 4.99 Å². The Kier molecular flexibility index (Phi) is 10.6. The summed E-state index contributed by atoms with van der Waals surface area (Å²) in [4.78, 5) is 30.5. The largest absolute Gasteiger partial charge is 0.383 e. The van der Waals surface area contributed by atoms with E-state index in [0.29, 0.717) is 44.5 Å². The number of amides is 1. The van der Waals surface area contributed by atoms with Gasteiger partial charge in [-0.15, -0.1) is 35.3 Å². The van der Waals surface area contributed by atoms with E-state index in [0.717, 1.165) is 18.0 Å². The Bertz CT molecular complexity index is 841. The summed E-state index contributed by atoms with van der Waals surface area (Å²) in [6.45, 7) is 7.93. The maximum atomic E-state index is 12.6. The van der Waals surface area contributed by atoms with Crippen LogP contribution in [0.3, 0.4) is 0 Å². The van der Waals surface area contributed by atoms with Crippen LogP contribution in [-0.4, -0.2) is 77.7 Å². The lowest BCUT2D eigenvalue weighted by molar-refractivity contribution is -0.131. The number of halogens is 1. The van der Waals surface area contributed by atoms with Crippen LogP contribution in [0.5, 0.6) is 0 Å². The van der Waals surface area contributed by atoms with E-state index in [9.17, 15) is 9.90 Å². The van der Waals surface area contributed by atoms with Crippen LogP contribution in [0.2, 0.25) is 0 Å². The third-order valence-electron chi connectivity index (χ3n) is 5.04. The summed E-state index contributed by atoms with van der Waals surface area (Å²) in [5, 5.41) is 19.0. The molecule has 1 atom stereocenters. The fraction of sp³-hybridized carbons (Fsp3) is 0.524. The van der Waals surface area contributed by atoms with Crippen LogP contribution in [0, 0.1) is 0 Å². The second kappa shape index (κ2) is 12.9. The number of piperazine rings is 1. The second-order valence-electron chi connectivity index (χ2n) is 7.54. The molecule has 1 unspecified atom stereocenters. The molecule has 1 amide bonds. The molecule has 1 aliphatic heterocycles. The SMILES string of the molecule is CCNC(=NCC(C)(O)c1cccs1)NCCC(=O)N1CCN(c2ncccn2)CC1.I. The number of thiophene rings is 1. The highest BCUT2D eigenvalue weighted by Crippen LogP contribution is 2.25. The topological polar surface area (TPSA) is 106 Å². The van der Waals surface area contributed by atoms with Crippen molar-refractivity contribution in [3.05, 3.63) is 40.8 Å². The number of aliphatic imine (C=N–C) groups is 1. The van der Waals surface area contributed by atoms with Crippen molar-refractivity contribution in [2.45, 2.75) is 25.9 Å². The summed E-state index contributed by atoms with van der Waals surface area (Å²) in [7, 11) is 0. The zero-order chi connectivity index (χ0) is 22.1.